The monoisotopic (exact) mass is 1020 g/mol. The van der Waals surface area contributed by atoms with Gasteiger partial charge in [0.25, 0.3) is 0 Å². The van der Waals surface area contributed by atoms with Crippen LogP contribution in [0.5, 0.6) is 0 Å². The quantitative estimate of drug-likeness (QED) is 0.0228. The maximum absolute atomic E-state index is 13.1. The smallest absolute Gasteiger partial charge is 0.335 e. The number of aliphatic carboxylic acids is 1. The Hall–Kier alpha value is -4.62. The van der Waals surface area contributed by atoms with E-state index in [2.05, 4.69) is 112 Å². The van der Waals surface area contributed by atoms with Crippen LogP contribution in [0.1, 0.15) is 201 Å². The minimum Gasteiger partial charge on any atom is -0.479 e. The van der Waals surface area contributed by atoms with Crippen LogP contribution in [0, 0.1) is 0 Å². The number of hydrogen-bond donors (Lipinski definition) is 3. The standard InChI is InChI=1S/C61H96O12/c1-4-7-10-13-16-19-22-25-27-30-32-35-38-41-44-47-53(62)69-50-52(71-54(63)48-45-42-39-36-34-31-28-26-23-20-17-14-11-8-5-2)51-70-61-59(57(66)56(65)58(73-61)60(67)68)72-55(64)49-46-43-40-37-33-29-24-21-18-15-12-9-6-3/h7,9-10,12,16,18-19,21,25-29,32-33,35,40,43,52,56-59,61,65-66H,4-6,8,11,13-15,17,20,22-24,30-31,34,36-39,41-42,44-51H2,1-3H3,(H,67,68)/b10-7-,12-9-,19-16-,21-18-,27-25-,28-26-,33-29-,35-32-,43-40-. The Labute approximate surface area is 440 Å². The van der Waals surface area contributed by atoms with Crippen LogP contribution in [0.15, 0.2) is 109 Å². The average molecular weight is 1020 g/mol. The highest BCUT2D eigenvalue weighted by Crippen LogP contribution is 2.26. The van der Waals surface area contributed by atoms with E-state index in [4.69, 9.17) is 23.7 Å². The SMILES string of the molecule is CC/C=C\C/C=C\C/C=C\C/C=C\CCCCC(=O)OCC(COC1OC(C(=O)O)C(O)C(O)C1OC(=O)CC/C=C\C/C=C\C/C=C\C/C=C\CC)OC(=O)CCCCCCC/C=C\CCCCCCCC. The summed E-state index contributed by atoms with van der Waals surface area (Å²) >= 11 is 0. The highest BCUT2D eigenvalue weighted by Gasteiger charge is 2.50. The van der Waals surface area contributed by atoms with E-state index >= 15 is 0 Å². The zero-order valence-electron chi connectivity index (χ0n) is 45.1. The molecule has 1 rings (SSSR count). The number of allylic oxidation sites excluding steroid dienone is 18. The highest BCUT2D eigenvalue weighted by molar-refractivity contribution is 5.74. The predicted octanol–water partition coefficient (Wildman–Crippen LogP) is 13.9. The molecule has 73 heavy (non-hydrogen) atoms. The molecule has 3 N–H and O–H groups in total. The third-order valence-electron chi connectivity index (χ3n) is 11.8. The van der Waals surface area contributed by atoms with E-state index in [-0.39, 0.29) is 25.9 Å². The molecule has 0 bridgehead atoms. The Morgan fingerprint density at radius 1 is 0.466 bits per heavy atom. The summed E-state index contributed by atoms with van der Waals surface area (Å²) in [5, 5.41) is 31.4. The molecule has 0 aromatic carbocycles. The van der Waals surface area contributed by atoms with Crippen molar-refractivity contribution < 1.29 is 58.2 Å². The normalized spacial score (nSPS) is 19.2. The van der Waals surface area contributed by atoms with Crippen molar-refractivity contribution in [3.8, 4) is 0 Å². The maximum Gasteiger partial charge on any atom is 0.335 e. The summed E-state index contributed by atoms with van der Waals surface area (Å²) in [5.74, 6) is -3.31. The van der Waals surface area contributed by atoms with Gasteiger partial charge in [0, 0.05) is 19.3 Å². The number of aliphatic hydroxyl groups is 2. The van der Waals surface area contributed by atoms with Gasteiger partial charge in [-0.25, -0.2) is 4.79 Å². The van der Waals surface area contributed by atoms with Gasteiger partial charge < -0.3 is 39.0 Å². The fourth-order valence-corrected chi connectivity index (χ4v) is 7.60. The van der Waals surface area contributed by atoms with E-state index in [9.17, 15) is 34.5 Å². The lowest BCUT2D eigenvalue weighted by Crippen LogP contribution is -2.61. The van der Waals surface area contributed by atoms with E-state index in [1.54, 1.807) is 0 Å². The van der Waals surface area contributed by atoms with Crippen LogP contribution in [0.2, 0.25) is 0 Å². The number of ether oxygens (including phenoxy) is 5. The lowest BCUT2D eigenvalue weighted by atomic mass is 9.98. The molecule has 12 heteroatoms. The number of carboxylic acid groups (broad SMARTS) is 1. The number of carbonyl (C=O) groups is 4. The van der Waals surface area contributed by atoms with Crippen LogP contribution in [-0.2, 0) is 42.9 Å². The molecule has 0 aliphatic carbocycles. The van der Waals surface area contributed by atoms with Crippen molar-refractivity contribution in [2.75, 3.05) is 13.2 Å². The van der Waals surface area contributed by atoms with Gasteiger partial charge in [-0.1, -0.05) is 182 Å². The Kier molecular flexibility index (Phi) is 44.0. The molecule has 1 saturated heterocycles. The molecule has 6 atom stereocenters. The first-order valence-corrected chi connectivity index (χ1v) is 27.9. The first kappa shape index (κ1) is 66.4. The molecule has 6 unspecified atom stereocenters. The first-order chi connectivity index (χ1) is 35.6. The fourth-order valence-electron chi connectivity index (χ4n) is 7.60. The second-order valence-electron chi connectivity index (χ2n) is 18.4. The highest BCUT2D eigenvalue weighted by atomic mass is 16.7. The summed E-state index contributed by atoms with van der Waals surface area (Å²) in [6.45, 7) is 5.65. The molecule has 0 aromatic heterocycles. The van der Waals surface area contributed by atoms with Crippen molar-refractivity contribution in [3.63, 3.8) is 0 Å². The van der Waals surface area contributed by atoms with Crippen molar-refractivity contribution in [3.05, 3.63) is 109 Å². The van der Waals surface area contributed by atoms with Crippen LogP contribution in [0.4, 0.5) is 0 Å². The van der Waals surface area contributed by atoms with Gasteiger partial charge in [0.15, 0.2) is 24.6 Å². The Bertz CT molecular complexity index is 1690. The number of aliphatic hydroxyl groups excluding tert-OH is 2. The van der Waals surface area contributed by atoms with Crippen molar-refractivity contribution in [2.45, 2.75) is 237 Å². The molecule has 1 fully saturated rings. The zero-order valence-corrected chi connectivity index (χ0v) is 45.1. The molecular weight excluding hydrogens is 925 g/mol. The minimum atomic E-state index is -1.94. The van der Waals surface area contributed by atoms with E-state index in [0.29, 0.717) is 25.7 Å². The molecule has 1 aliphatic heterocycles. The summed E-state index contributed by atoms with van der Waals surface area (Å²) in [7, 11) is 0. The molecule has 0 radical (unpaired) electrons. The molecule has 1 heterocycles. The first-order valence-electron chi connectivity index (χ1n) is 27.9. The van der Waals surface area contributed by atoms with Crippen LogP contribution in [0.25, 0.3) is 0 Å². The molecule has 0 saturated carbocycles. The molecule has 0 amide bonds. The second-order valence-corrected chi connectivity index (χ2v) is 18.4. The summed E-state index contributed by atoms with van der Waals surface area (Å²) < 4.78 is 28.2. The van der Waals surface area contributed by atoms with Crippen molar-refractivity contribution in [1.29, 1.82) is 0 Å². The zero-order chi connectivity index (χ0) is 53.3. The topological polar surface area (TPSA) is 175 Å². The summed E-state index contributed by atoms with van der Waals surface area (Å²) in [6, 6.07) is 0. The van der Waals surface area contributed by atoms with E-state index in [0.717, 1.165) is 96.3 Å². The number of carbonyl (C=O) groups excluding carboxylic acids is 3. The molecule has 12 nitrogen and oxygen atoms in total. The van der Waals surface area contributed by atoms with Gasteiger partial charge in [0.1, 0.15) is 18.8 Å². The maximum atomic E-state index is 13.1. The van der Waals surface area contributed by atoms with Gasteiger partial charge in [-0.15, -0.1) is 0 Å². The Morgan fingerprint density at radius 2 is 0.890 bits per heavy atom. The number of unbranched alkanes of at least 4 members (excludes halogenated alkanes) is 13. The van der Waals surface area contributed by atoms with Crippen molar-refractivity contribution >= 4 is 23.9 Å². The van der Waals surface area contributed by atoms with E-state index in [1.807, 2.05) is 18.2 Å². The molecule has 1 aliphatic rings. The summed E-state index contributed by atoms with van der Waals surface area (Å²) in [5.41, 5.74) is 0. The van der Waals surface area contributed by atoms with E-state index < -0.39 is 67.3 Å². The number of esters is 3. The van der Waals surface area contributed by atoms with Gasteiger partial charge in [-0.3, -0.25) is 14.4 Å². The fraction of sp³-hybridized carbons (Fsp3) is 0.639. The largest absolute Gasteiger partial charge is 0.479 e. The van der Waals surface area contributed by atoms with Crippen LogP contribution in [-0.4, -0.2) is 89.2 Å². The minimum absolute atomic E-state index is 0.0708. The number of rotatable bonds is 45. The Morgan fingerprint density at radius 3 is 1.41 bits per heavy atom. The molecule has 0 spiro atoms. The van der Waals surface area contributed by atoms with Crippen molar-refractivity contribution in [2.24, 2.45) is 0 Å². The van der Waals surface area contributed by atoms with Crippen LogP contribution >= 0.6 is 0 Å². The summed E-state index contributed by atoms with van der Waals surface area (Å²) in [6.07, 6.45) is 52.3. The second kappa shape index (κ2) is 48.3. The van der Waals surface area contributed by atoms with Crippen molar-refractivity contribution in [1.82, 2.24) is 0 Å². The van der Waals surface area contributed by atoms with E-state index in [1.165, 1.54) is 38.5 Å². The lowest BCUT2D eigenvalue weighted by Gasteiger charge is -2.40. The number of carboxylic acids is 1. The van der Waals surface area contributed by atoms with Crippen LogP contribution < -0.4 is 0 Å². The third kappa shape index (κ3) is 38.6. The average Bonchev–Trinajstić information content (AvgIpc) is 3.37. The van der Waals surface area contributed by atoms with Gasteiger partial charge in [0.2, 0.25) is 0 Å². The molecular formula is C61H96O12. The summed E-state index contributed by atoms with van der Waals surface area (Å²) in [4.78, 5) is 50.9. The van der Waals surface area contributed by atoms with Gasteiger partial charge >= 0.3 is 23.9 Å². The van der Waals surface area contributed by atoms with Crippen LogP contribution in [0.3, 0.4) is 0 Å². The number of hydrogen-bond acceptors (Lipinski definition) is 11. The molecule has 412 valence electrons. The van der Waals surface area contributed by atoms with Gasteiger partial charge in [0.05, 0.1) is 6.61 Å². The third-order valence-corrected chi connectivity index (χ3v) is 11.8. The molecule has 0 aromatic rings. The van der Waals surface area contributed by atoms with Gasteiger partial charge in [-0.2, -0.15) is 0 Å². The lowest BCUT2D eigenvalue weighted by molar-refractivity contribution is -0.301. The predicted molar refractivity (Wildman–Crippen MR) is 294 cm³/mol. The van der Waals surface area contributed by atoms with Gasteiger partial charge in [-0.05, 0) is 109 Å². The Balaban J connectivity index is 2.79.